The van der Waals surface area contributed by atoms with Crippen molar-refractivity contribution in [3.63, 3.8) is 0 Å². The fourth-order valence-corrected chi connectivity index (χ4v) is 2.88. The average molecular weight is 341 g/mol. The number of methoxy groups -OCH3 is 1. The van der Waals surface area contributed by atoms with Crippen LogP contribution in [0.5, 0.6) is 11.5 Å². The van der Waals surface area contributed by atoms with Gasteiger partial charge in [-0.25, -0.2) is 5.43 Å². The van der Waals surface area contributed by atoms with Crippen LogP contribution in [0.3, 0.4) is 0 Å². The maximum atomic E-state index is 12.5. The first-order chi connectivity index (χ1) is 12.3. The van der Waals surface area contributed by atoms with E-state index >= 15 is 0 Å². The number of hydrogen-bond donors (Lipinski definition) is 3. The van der Waals surface area contributed by atoms with Gasteiger partial charge in [-0.2, -0.15) is 0 Å². The van der Waals surface area contributed by atoms with Gasteiger partial charge in [-0.3, -0.25) is 10.2 Å². The molecule has 0 aromatic heterocycles. The molecule has 6 nitrogen and oxygen atoms in total. The monoisotopic (exact) mass is 341 g/mol. The predicted octanol–water partition coefficient (Wildman–Crippen LogP) is 1.66. The van der Waals surface area contributed by atoms with Crippen LogP contribution in [0, 0.1) is 5.92 Å². The van der Waals surface area contributed by atoms with Crippen molar-refractivity contribution >= 4 is 5.91 Å². The lowest BCUT2D eigenvalue weighted by Crippen LogP contribution is -2.37. The molecule has 3 rings (SSSR count). The van der Waals surface area contributed by atoms with Gasteiger partial charge >= 0.3 is 0 Å². The van der Waals surface area contributed by atoms with E-state index in [9.17, 15) is 4.79 Å². The third-order valence-electron chi connectivity index (χ3n) is 4.19. The minimum absolute atomic E-state index is 0.0144. The number of benzene rings is 2. The summed E-state index contributed by atoms with van der Waals surface area (Å²) < 4.78 is 10.8. The molecule has 0 spiro atoms. The molecule has 25 heavy (non-hydrogen) atoms. The summed E-state index contributed by atoms with van der Waals surface area (Å²) in [6.07, 6.45) is 0. The summed E-state index contributed by atoms with van der Waals surface area (Å²) in [6, 6.07) is 17.4. The Morgan fingerprint density at radius 1 is 1.16 bits per heavy atom. The van der Waals surface area contributed by atoms with Crippen LogP contribution in [0.15, 0.2) is 54.6 Å². The molecule has 1 amide bonds. The van der Waals surface area contributed by atoms with E-state index in [1.807, 2.05) is 54.6 Å². The topological polar surface area (TPSA) is 71.6 Å². The zero-order valence-electron chi connectivity index (χ0n) is 14.2. The summed E-state index contributed by atoms with van der Waals surface area (Å²) in [4.78, 5) is 12.5. The van der Waals surface area contributed by atoms with Crippen molar-refractivity contribution in [2.45, 2.75) is 6.04 Å². The number of rotatable bonds is 7. The summed E-state index contributed by atoms with van der Waals surface area (Å²) in [5, 5.41) is 2.95. The average Bonchev–Trinajstić information content (AvgIpc) is 3.16. The normalized spacial score (nSPS) is 19.4. The molecular weight excluding hydrogens is 318 g/mol. The van der Waals surface area contributed by atoms with Gasteiger partial charge in [0.1, 0.15) is 18.1 Å². The molecule has 6 heteroatoms. The predicted molar refractivity (Wildman–Crippen MR) is 95.3 cm³/mol. The van der Waals surface area contributed by atoms with E-state index in [1.165, 1.54) is 0 Å². The van der Waals surface area contributed by atoms with E-state index in [0.29, 0.717) is 19.7 Å². The van der Waals surface area contributed by atoms with Gasteiger partial charge in [0.2, 0.25) is 5.91 Å². The van der Waals surface area contributed by atoms with Crippen molar-refractivity contribution < 1.29 is 14.3 Å². The van der Waals surface area contributed by atoms with Crippen LogP contribution in [0.2, 0.25) is 0 Å². The van der Waals surface area contributed by atoms with Crippen LogP contribution < -0.4 is 25.6 Å². The van der Waals surface area contributed by atoms with Crippen LogP contribution in [0.4, 0.5) is 0 Å². The summed E-state index contributed by atoms with van der Waals surface area (Å²) in [6.45, 7) is 1.46. The van der Waals surface area contributed by atoms with Crippen LogP contribution in [0.1, 0.15) is 11.6 Å². The Labute approximate surface area is 147 Å². The molecule has 3 N–H and O–H groups in total. The highest BCUT2D eigenvalue weighted by Crippen LogP contribution is 2.24. The SMILES string of the molecule is COc1cccc(OCCNC(=O)C2CNNC2c2ccccc2)c1. The van der Waals surface area contributed by atoms with Gasteiger partial charge in [0.05, 0.1) is 25.6 Å². The molecule has 1 saturated heterocycles. The van der Waals surface area contributed by atoms with Gasteiger partial charge in [0, 0.05) is 12.6 Å². The lowest BCUT2D eigenvalue weighted by Gasteiger charge is -2.18. The molecule has 2 aromatic rings. The number of ether oxygens (including phenoxy) is 2. The molecule has 132 valence electrons. The minimum Gasteiger partial charge on any atom is -0.497 e. The van der Waals surface area contributed by atoms with E-state index < -0.39 is 0 Å². The van der Waals surface area contributed by atoms with Crippen LogP contribution in [-0.4, -0.2) is 32.7 Å². The van der Waals surface area contributed by atoms with Gasteiger partial charge in [-0.1, -0.05) is 36.4 Å². The Balaban J connectivity index is 1.47. The largest absolute Gasteiger partial charge is 0.497 e. The third kappa shape index (κ3) is 4.49. The fourth-order valence-electron chi connectivity index (χ4n) is 2.88. The molecule has 2 unspecified atom stereocenters. The van der Waals surface area contributed by atoms with E-state index in [0.717, 1.165) is 17.1 Å². The zero-order chi connectivity index (χ0) is 17.5. The third-order valence-corrected chi connectivity index (χ3v) is 4.19. The number of amides is 1. The summed E-state index contributed by atoms with van der Waals surface area (Å²) in [5.74, 6) is 1.33. The lowest BCUT2D eigenvalue weighted by molar-refractivity contribution is -0.125. The lowest BCUT2D eigenvalue weighted by atomic mass is 9.94. The first-order valence-electron chi connectivity index (χ1n) is 8.36. The molecule has 0 bridgehead atoms. The second-order valence-corrected chi connectivity index (χ2v) is 5.84. The maximum absolute atomic E-state index is 12.5. The molecule has 0 radical (unpaired) electrons. The molecule has 0 aliphatic carbocycles. The number of nitrogens with one attached hydrogen (secondary N) is 3. The van der Waals surface area contributed by atoms with Gasteiger partial charge in [0.25, 0.3) is 0 Å². The quantitative estimate of drug-likeness (QED) is 0.668. The highest BCUT2D eigenvalue weighted by atomic mass is 16.5. The Morgan fingerprint density at radius 3 is 2.76 bits per heavy atom. The Kier molecular flexibility index (Phi) is 5.87. The van der Waals surface area contributed by atoms with Crippen LogP contribution in [-0.2, 0) is 4.79 Å². The van der Waals surface area contributed by atoms with E-state index in [-0.39, 0.29) is 17.9 Å². The second kappa shape index (κ2) is 8.50. The number of hydrogen-bond acceptors (Lipinski definition) is 5. The highest BCUT2D eigenvalue weighted by molar-refractivity contribution is 5.80. The van der Waals surface area contributed by atoms with E-state index in [4.69, 9.17) is 9.47 Å². The molecule has 1 fully saturated rings. The summed E-state index contributed by atoms with van der Waals surface area (Å²) >= 11 is 0. The highest BCUT2D eigenvalue weighted by Gasteiger charge is 2.33. The number of carbonyl (C=O) groups is 1. The molecule has 1 aliphatic heterocycles. The van der Waals surface area contributed by atoms with E-state index in [2.05, 4.69) is 16.2 Å². The fraction of sp³-hybridized carbons (Fsp3) is 0.316. The van der Waals surface area contributed by atoms with Crippen LogP contribution in [0.25, 0.3) is 0 Å². The molecule has 1 aliphatic rings. The molecule has 1 heterocycles. The van der Waals surface area contributed by atoms with Crippen molar-refractivity contribution in [1.29, 1.82) is 0 Å². The number of hydrazine groups is 1. The molecule has 2 atom stereocenters. The Morgan fingerprint density at radius 2 is 1.96 bits per heavy atom. The number of carbonyl (C=O) groups excluding carboxylic acids is 1. The molecule has 2 aromatic carbocycles. The molecular formula is C19H23N3O3. The Bertz CT molecular complexity index is 693. The van der Waals surface area contributed by atoms with Crippen molar-refractivity contribution in [3.8, 4) is 11.5 Å². The van der Waals surface area contributed by atoms with Gasteiger partial charge in [-0.15, -0.1) is 0 Å². The smallest absolute Gasteiger partial charge is 0.226 e. The van der Waals surface area contributed by atoms with Gasteiger partial charge in [-0.05, 0) is 17.7 Å². The van der Waals surface area contributed by atoms with Gasteiger partial charge in [0.15, 0.2) is 0 Å². The first kappa shape index (κ1) is 17.3. The summed E-state index contributed by atoms with van der Waals surface area (Å²) in [5.41, 5.74) is 7.35. The van der Waals surface area contributed by atoms with Crippen molar-refractivity contribution in [3.05, 3.63) is 60.2 Å². The summed E-state index contributed by atoms with van der Waals surface area (Å²) in [7, 11) is 1.62. The Hall–Kier alpha value is -2.57. The van der Waals surface area contributed by atoms with Crippen molar-refractivity contribution in [2.24, 2.45) is 5.92 Å². The first-order valence-corrected chi connectivity index (χ1v) is 8.36. The zero-order valence-corrected chi connectivity index (χ0v) is 14.2. The van der Waals surface area contributed by atoms with Crippen molar-refractivity contribution in [1.82, 2.24) is 16.2 Å². The van der Waals surface area contributed by atoms with Crippen molar-refractivity contribution in [2.75, 3.05) is 26.8 Å². The minimum atomic E-state index is -0.154. The van der Waals surface area contributed by atoms with Crippen LogP contribution >= 0.6 is 0 Å². The molecule has 0 saturated carbocycles. The second-order valence-electron chi connectivity index (χ2n) is 5.84. The standard InChI is InChI=1S/C19H23N3O3/c1-24-15-8-5-9-16(12-15)25-11-10-20-19(23)17-13-21-22-18(17)14-6-3-2-4-7-14/h2-9,12,17-18,21-22H,10-11,13H2,1H3,(H,20,23). The van der Waals surface area contributed by atoms with E-state index in [1.54, 1.807) is 7.11 Å². The maximum Gasteiger partial charge on any atom is 0.226 e. The van der Waals surface area contributed by atoms with Gasteiger partial charge < -0.3 is 14.8 Å².